The predicted molar refractivity (Wildman–Crippen MR) is 458 cm³/mol. The summed E-state index contributed by atoms with van der Waals surface area (Å²) in [6.07, 6.45) is 0. The summed E-state index contributed by atoms with van der Waals surface area (Å²) < 4.78 is 5.03. The van der Waals surface area contributed by atoms with Crippen molar-refractivity contribution in [2.45, 2.75) is 78.6 Å². The van der Waals surface area contributed by atoms with Crippen LogP contribution in [0.5, 0.6) is 0 Å². The van der Waals surface area contributed by atoms with Crippen LogP contribution < -0.4 is 26.2 Å². The fraction of sp³-hybridized carbons (Fsp3) is 0.118. The highest BCUT2D eigenvalue weighted by Crippen LogP contribution is 2.54. The molecule has 0 bridgehead atoms. The second-order valence-electron chi connectivity index (χ2n) is 32.5. The van der Waals surface area contributed by atoms with Gasteiger partial charge in [-0.2, -0.15) is 0 Å². The van der Waals surface area contributed by atoms with Crippen LogP contribution in [0.1, 0.15) is 79.0 Å². The molecule has 0 atom stereocenters. The van der Waals surface area contributed by atoms with Gasteiger partial charge >= 0.3 is 0 Å². The molecule has 0 aliphatic carbocycles. The standard InChI is InChI=1S/C102H83BN4/c1-100(2,3)76-54-75(55-77(60-76)101(4,5)6)72-48-51-89-95(59-72)107(99-85(69-37-21-13-22-38-69)61-78(102(7,8)9)62-86(99)70-39-23-14-24-40-70)97-65-81(105-92-46-30-27-43-84(92)87-63-79(49-52-93(87)105)104-90-44-28-25-41-82(90)83-42-26-29-45-91(83)104)64-96-98(97)103(89)88-50-47-71(66-31-15-10-16-32-66)58-94(88)106(96)80-56-73(67-33-17-11-18-34-67)53-74(57-80)68-35-19-12-20-36-68/h10-65H,1-9H3. The fourth-order valence-corrected chi connectivity index (χ4v) is 17.2. The van der Waals surface area contributed by atoms with Crippen LogP contribution in [0.3, 0.4) is 0 Å². The lowest BCUT2D eigenvalue weighted by Crippen LogP contribution is -2.61. The Hall–Kier alpha value is -12.4. The van der Waals surface area contributed by atoms with Crippen LogP contribution in [-0.4, -0.2) is 15.8 Å². The van der Waals surface area contributed by atoms with Crippen molar-refractivity contribution in [3.05, 3.63) is 356 Å². The number of hydrogen-bond donors (Lipinski definition) is 0. The van der Waals surface area contributed by atoms with E-state index in [2.05, 4.69) is 421 Å². The Morgan fingerprint density at radius 2 is 0.589 bits per heavy atom. The highest BCUT2D eigenvalue weighted by atomic mass is 15.2. The Bertz CT molecular complexity index is 6160. The van der Waals surface area contributed by atoms with Crippen LogP contribution in [0.15, 0.2) is 340 Å². The maximum Gasteiger partial charge on any atom is 0.252 e. The SMILES string of the molecule is CC(C)(C)c1cc(-c2ccc3c(c2)N(c2c(-c4ccccc4)cc(C(C)(C)C)cc2-c2ccccc2)c2cc(-n4c5ccccc5c5cc(-n6c7ccccc7c7ccccc76)ccc54)cc4c2B3c2ccc(-c3ccccc3)cc2N4c2cc(-c3ccccc3)cc(-c3ccccc3)c2)cc(C(C)(C)C)c1. The van der Waals surface area contributed by atoms with Gasteiger partial charge in [-0.05, 0) is 196 Å². The molecule has 514 valence electrons. The Morgan fingerprint density at radius 1 is 0.224 bits per heavy atom. The smallest absolute Gasteiger partial charge is 0.252 e. The minimum atomic E-state index is -0.233. The van der Waals surface area contributed by atoms with Crippen molar-refractivity contribution in [3.8, 4) is 78.1 Å². The number of anilines is 6. The summed E-state index contributed by atoms with van der Waals surface area (Å²) in [6.45, 7) is 21.0. The molecule has 17 aromatic rings. The van der Waals surface area contributed by atoms with Crippen LogP contribution in [0.25, 0.3) is 122 Å². The Morgan fingerprint density at radius 3 is 1.06 bits per heavy atom. The summed E-state index contributed by atoms with van der Waals surface area (Å²) in [5.41, 5.74) is 34.6. The average Bonchev–Trinajstić information content (AvgIpc) is 0.930. The van der Waals surface area contributed by atoms with Crippen molar-refractivity contribution in [3.63, 3.8) is 0 Å². The lowest BCUT2D eigenvalue weighted by atomic mass is 9.33. The normalized spacial score (nSPS) is 12.9. The highest BCUT2D eigenvalue weighted by molar-refractivity contribution is 7.00. The van der Waals surface area contributed by atoms with E-state index >= 15 is 0 Å². The molecule has 0 N–H and O–H groups in total. The first kappa shape index (κ1) is 65.3. The maximum absolute atomic E-state index is 2.73. The minimum Gasteiger partial charge on any atom is -0.311 e. The number of hydrogen-bond acceptors (Lipinski definition) is 2. The van der Waals surface area contributed by atoms with Crippen LogP contribution in [0.4, 0.5) is 34.1 Å². The largest absolute Gasteiger partial charge is 0.311 e. The van der Waals surface area contributed by atoms with Crippen LogP contribution in [0.2, 0.25) is 0 Å². The molecule has 2 aromatic heterocycles. The third kappa shape index (κ3) is 11.1. The van der Waals surface area contributed by atoms with Crippen molar-refractivity contribution >= 4 is 101 Å². The van der Waals surface area contributed by atoms with E-state index in [9.17, 15) is 0 Å². The second-order valence-corrected chi connectivity index (χ2v) is 32.5. The lowest BCUT2D eigenvalue weighted by molar-refractivity contribution is 0.569. The van der Waals surface area contributed by atoms with Crippen molar-refractivity contribution in [1.82, 2.24) is 9.13 Å². The zero-order valence-electron chi connectivity index (χ0n) is 62.2. The third-order valence-electron chi connectivity index (χ3n) is 22.7. The van der Waals surface area contributed by atoms with Gasteiger partial charge in [0.15, 0.2) is 0 Å². The number of fused-ring (bicyclic) bond motifs is 10. The van der Waals surface area contributed by atoms with Gasteiger partial charge in [-0.1, -0.05) is 311 Å². The monoisotopic (exact) mass is 1370 g/mol. The zero-order chi connectivity index (χ0) is 72.6. The molecule has 0 saturated heterocycles. The van der Waals surface area contributed by atoms with Crippen molar-refractivity contribution in [1.29, 1.82) is 0 Å². The Kier molecular flexibility index (Phi) is 15.4. The van der Waals surface area contributed by atoms with Crippen LogP contribution in [0, 0.1) is 0 Å². The van der Waals surface area contributed by atoms with E-state index in [0.717, 1.165) is 112 Å². The van der Waals surface area contributed by atoms with Crippen molar-refractivity contribution in [2.24, 2.45) is 0 Å². The molecule has 2 aliphatic heterocycles. The number of aromatic nitrogens is 2. The van der Waals surface area contributed by atoms with E-state index in [1.807, 2.05) is 0 Å². The van der Waals surface area contributed by atoms with E-state index in [4.69, 9.17) is 0 Å². The molecule has 0 unspecified atom stereocenters. The van der Waals surface area contributed by atoms with Gasteiger partial charge in [0.2, 0.25) is 0 Å². The van der Waals surface area contributed by atoms with Gasteiger partial charge in [-0.25, -0.2) is 0 Å². The van der Waals surface area contributed by atoms with Gasteiger partial charge in [-0.3, -0.25) is 0 Å². The molecule has 0 fully saturated rings. The predicted octanol–water partition coefficient (Wildman–Crippen LogP) is 25.9. The lowest BCUT2D eigenvalue weighted by Gasteiger charge is -2.45. The first-order chi connectivity index (χ1) is 52.0. The molecular formula is C102H83BN4. The van der Waals surface area contributed by atoms with E-state index in [0.29, 0.717) is 0 Å². The number of benzene rings is 15. The average molecular weight is 1380 g/mol. The highest BCUT2D eigenvalue weighted by Gasteiger charge is 2.46. The molecule has 107 heavy (non-hydrogen) atoms. The molecule has 19 rings (SSSR count). The van der Waals surface area contributed by atoms with Crippen molar-refractivity contribution < 1.29 is 0 Å². The maximum atomic E-state index is 2.73. The molecule has 0 amide bonds. The zero-order valence-corrected chi connectivity index (χ0v) is 62.2. The molecule has 0 spiro atoms. The van der Waals surface area contributed by atoms with E-state index < -0.39 is 0 Å². The number of rotatable bonds is 10. The summed E-state index contributed by atoms with van der Waals surface area (Å²) in [5, 5.41) is 4.84. The first-order valence-electron chi connectivity index (χ1n) is 37.8. The Balaban J connectivity index is 0.991. The molecular weight excluding hydrogens is 1290 g/mol. The van der Waals surface area contributed by atoms with E-state index in [1.165, 1.54) is 76.8 Å². The molecule has 4 nitrogen and oxygen atoms in total. The van der Waals surface area contributed by atoms with Crippen LogP contribution >= 0.6 is 0 Å². The Labute approximate surface area is 628 Å². The summed E-state index contributed by atoms with van der Waals surface area (Å²) >= 11 is 0. The quantitative estimate of drug-likeness (QED) is 0.127. The summed E-state index contributed by atoms with van der Waals surface area (Å²) in [4.78, 5) is 5.38. The molecule has 5 heteroatoms. The molecule has 2 aliphatic rings. The number of nitrogens with zero attached hydrogens (tertiary/aromatic N) is 4. The molecule has 15 aromatic carbocycles. The minimum absolute atomic E-state index is 0.107. The second kappa shape index (κ2) is 25.1. The van der Waals surface area contributed by atoms with E-state index in [-0.39, 0.29) is 23.0 Å². The third-order valence-corrected chi connectivity index (χ3v) is 22.7. The fourth-order valence-electron chi connectivity index (χ4n) is 17.2. The topological polar surface area (TPSA) is 16.3 Å². The van der Waals surface area contributed by atoms with Gasteiger partial charge in [0.05, 0.1) is 33.4 Å². The molecule has 0 saturated carbocycles. The number of para-hydroxylation sites is 3. The van der Waals surface area contributed by atoms with Crippen LogP contribution in [-0.2, 0) is 16.2 Å². The summed E-state index contributed by atoms with van der Waals surface area (Å²) in [7, 11) is 0. The summed E-state index contributed by atoms with van der Waals surface area (Å²) in [6, 6.07) is 129. The molecule has 0 radical (unpaired) electrons. The van der Waals surface area contributed by atoms with Gasteiger partial charge in [0.1, 0.15) is 0 Å². The van der Waals surface area contributed by atoms with Gasteiger partial charge in [0.25, 0.3) is 6.71 Å². The van der Waals surface area contributed by atoms with Crippen molar-refractivity contribution in [2.75, 3.05) is 9.80 Å². The van der Waals surface area contributed by atoms with Gasteiger partial charge in [-0.15, -0.1) is 0 Å². The first-order valence-corrected chi connectivity index (χ1v) is 37.8. The van der Waals surface area contributed by atoms with Gasteiger partial charge in [0, 0.05) is 66.8 Å². The van der Waals surface area contributed by atoms with Gasteiger partial charge < -0.3 is 18.9 Å². The summed E-state index contributed by atoms with van der Waals surface area (Å²) in [5.74, 6) is 0. The van der Waals surface area contributed by atoms with E-state index in [1.54, 1.807) is 0 Å². The molecule has 4 heterocycles.